The molecule has 12 nitrogen and oxygen atoms in total. The van der Waals surface area contributed by atoms with E-state index in [-0.39, 0.29) is 17.6 Å². The molecule has 2 aliphatic rings. The van der Waals surface area contributed by atoms with Crippen LogP contribution in [-0.4, -0.2) is 76.9 Å². The van der Waals surface area contributed by atoms with Gasteiger partial charge in [-0.3, -0.25) is 24.0 Å². The quantitative estimate of drug-likeness (QED) is 0.246. The molecular weight excluding hydrogens is 636 g/mol. The summed E-state index contributed by atoms with van der Waals surface area (Å²) in [7, 11) is 0. The third-order valence-corrected chi connectivity index (χ3v) is 9.00. The van der Waals surface area contributed by atoms with E-state index < -0.39 is 101 Å². The number of allylic oxidation sites excluding steroid dienone is 1. The Hall–Kier alpha value is -4.32. The van der Waals surface area contributed by atoms with Gasteiger partial charge in [0.25, 0.3) is 0 Å². The van der Waals surface area contributed by atoms with E-state index in [2.05, 4.69) is 6.58 Å². The molecule has 12 heteroatoms. The fourth-order valence-electron chi connectivity index (χ4n) is 6.64. The van der Waals surface area contributed by atoms with E-state index in [1.54, 1.807) is 78.0 Å². The van der Waals surface area contributed by atoms with Gasteiger partial charge in [0.15, 0.2) is 11.9 Å². The lowest BCUT2D eigenvalue weighted by Gasteiger charge is -2.45. The third kappa shape index (κ3) is 8.83. The maximum absolute atomic E-state index is 14.3. The van der Waals surface area contributed by atoms with Gasteiger partial charge in [-0.25, -0.2) is 4.79 Å². The van der Waals surface area contributed by atoms with Crippen LogP contribution in [0.2, 0.25) is 0 Å². The molecule has 9 atom stereocenters. The number of fused-ring (bicyclic) bond motifs is 1. The first-order chi connectivity index (χ1) is 22.7. The molecule has 1 aromatic rings. The number of Topliss-reactive ketones (excluding diaryl/α,β-unsaturated/α-hetero) is 1. The lowest BCUT2D eigenvalue weighted by Crippen LogP contribution is -2.59. The number of carbonyl (C=O) groups excluding carboxylic acids is 6. The van der Waals surface area contributed by atoms with E-state index in [0.29, 0.717) is 0 Å². The average molecular weight is 685 g/mol. The van der Waals surface area contributed by atoms with Gasteiger partial charge in [-0.05, 0) is 38.3 Å². The fourth-order valence-corrected chi connectivity index (χ4v) is 6.64. The summed E-state index contributed by atoms with van der Waals surface area (Å²) >= 11 is 0. The molecule has 0 saturated heterocycles. The second kappa shape index (κ2) is 15.5. The van der Waals surface area contributed by atoms with Crippen molar-refractivity contribution in [3.8, 4) is 0 Å². The summed E-state index contributed by atoms with van der Waals surface area (Å²) in [6.45, 7) is 17.1. The fraction of sp³-hybridized carbons (Fsp3) is 0.568. The number of aliphatic hydroxyl groups is 1. The average Bonchev–Trinajstić information content (AvgIpc) is 3.26. The Balaban J connectivity index is 2.42. The van der Waals surface area contributed by atoms with E-state index in [1.165, 1.54) is 13.0 Å². The summed E-state index contributed by atoms with van der Waals surface area (Å²) in [5.41, 5.74) is -3.48. The lowest BCUT2D eigenvalue weighted by atomic mass is 9.72. The molecule has 1 fully saturated rings. The standard InChI is InChI=1S/C37H48O12/c1-19(2)34(42)48-30-22(5)29(46-24(7)39)27-28(45-23(6)38)21(4)18-37(27,44)33(49-35(43)26-14-12-11-13-15-26)20(3)16-17-36(9,10)32(41)31(30)47-25(8)40/h11-17,19-21,27-31,33,44H,5,18H2,1-4,6-10H3. The Morgan fingerprint density at radius 1 is 0.837 bits per heavy atom. The Labute approximate surface area is 287 Å². The highest BCUT2D eigenvalue weighted by Crippen LogP contribution is 2.51. The van der Waals surface area contributed by atoms with Crippen LogP contribution in [0.1, 0.15) is 79.1 Å². The molecule has 1 N–H and O–H groups in total. The summed E-state index contributed by atoms with van der Waals surface area (Å²) in [5, 5.41) is 12.9. The minimum atomic E-state index is -2.08. The van der Waals surface area contributed by atoms with Crippen LogP contribution in [0.15, 0.2) is 54.6 Å². The molecular formula is C37H48O12. The normalized spacial score (nSPS) is 31.4. The van der Waals surface area contributed by atoms with Crippen LogP contribution < -0.4 is 0 Å². The van der Waals surface area contributed by atoms with Crippen LogP contribution >= 0.6 is 0 Å². The van der Waals surface area contributed by atoms with Gasteiger partial charge >= 0.3 is 29.8 Å². The molecule has 0 aromatic heterocycles. The van der Waals surface area contributed by atoms with Crippen molar-refractivity contribution in [2.24, 2.45) is 29.1 Å². The Morgan fingerprint density at radius 2 is 1.39 bits per heavy atom. The smallest absolute Gasteiger partial charge is 0.338 e. The number of benzene rings is 1. The molecule has 268 valence electrons. The monoisotopic (exact) mass is 684 g/mol. The van der Waals surface area contributed by atoms with Crippen LogP contribution in [0.25, 0.3) is 0 Å². The minimum Gasteiger partial charge on any atom is -0.462 e. The third-order valence-electron chi connectivity index (χ3n) is 9.00. The van der Waals surface area contributed by atoms with Crippen molar-refractivity contribution in [3.05, 3.63) is 60.2 Å². The van der Waals surface area contributed by atoms with Crippen molar-refractivity contribution < 1.29 is 57.6 Å². The molecule has 0 aliphatic heterocycles. The van der Waals surface area contributed by atoms with Crippen LogP contribution in [0.5, 0.6) is 0 Å². The molecule has 0 spiro atoms. The molecule has 3 rings (SSSR count). The predicted octanol–water partition coefficient (Wildman–Crippen LogP) is 4.32. The molecule has 0 radical (unpaired) electrons. The van der Waals surface area contributed by atoms with Crippen molar-refractivity contribution in [3.63, 3.8) is 0 Å². The van der Waals surface area contributed by atoms with E-state index in [0.717, 1.165) is 13.8 Å². The minimum absolute atomic E-state index is 0.0995. The Kier molecular flexibility index (Phi) is 12.4. The SMILES string of the molecule is C=C1C(OC(=O)C(C)C)C(OC(C)=O)C(=O)C(C)(C)C=CC(C)C(OC(=O)c2ccccc2)C2(O)CC(C)C(OC(C)=O)C2C1OC(C)=O. The van der Waals surface area contributed by atoms with E-state index in [1.807, 2.05) is 0 Å². The second-order valence-electron chi connectivity index (χ2n) is 13.9. The van der Waals surface area contributed by atoms with Gasteiger partial charge in [0.1, 0.15) is 23.9 Å². The highest BCUT2D eigenvalue weighted by atomic mass is 16.6. The Bertz CT molecular complexity index is 1480. The molecule has 0 bridgehead atoms. The molecule has 2 aliphatic carbocycles. The van der Waals surface area contributed by atoms with E-state index in [4.69, 9.17) is 23.7 Å². The predicted molar refractivity (Wildman–Crippen MR) is 175 cm³/mol. The van der Waals surface area contributed by atoms with Gasteiger partial charge in [-0.15, -0.1) is 0 Å². The summed E-state index contributed by atoms with van der Waals surface area (Å²) in [5.74, 6) is -8.11. The summed E-state index contributed by atoms with van der Waals surface area (Å²) in [4.78, 5) is 78.8. The maximum atomic E-state index is 14.3. The Morgan fingerprint density at radius 3 is 1.92 bits per heavy atom. The first-order valence-corrected chi connectivity index (χ1v) is 16.3. The van der Waals surface area contributed by atoms with Gasteiger partial charge in [0.2, 0.25) is 6.10 Å². The summed E-state index contributed by atoms with van der Waals surface area (Å²) in [6.07, 6.45) is -4.58. The number of carbonyl (C=O) groups is 6. The maximum Gasteiger partial charge on any atom is 0.338 e. The van der Waals surface area contributed by atoms with Crippen LogP contribution in [-0.2, 0) is 47.7 Å². The van der Waals surface area contributed by atoms with Crippen LogP contribution in [0.4, 0.5) is 0 Å². The van der Waals surface area contributed by atoms with Gasteiger partial charge in [-0.2, -0.15) is 0 Å². The van der Waals surface area contributed by atoms with E-state index in [9.17, 15) is 33.9 Å². The molecule has 9 unspecified atom stereocenters. The zero-order chi connectivity index (χ0) is 37.0. The summed E-state index contributed by atoms with van der Waals surface area (Å²) in [6, 6.07) is 8.13. The van der Waals surface area contributed by atoms with Crippen LogP contribution in [0.3, 0.4) is 0 Å². The van der Waals surface area contributed by atoms with E-state index >= 15 is 0 Å². The topological polar surface area (TPSA) is 169 Å². The van der Waals surface area contributed by atoms with Crippen molar-refractivity contribution >= 4 is 35.6 Å². The van der Waals surface area contributed by atoms with Gasteiger partial charge in [0.05, 0.1) is 17.4 Å². The van der Waals surface area contributed by atoms with Gasteiger partial charge < -0.3 is 28.8 Å². The number of hydrogen-bond acceptors (Lipinski definition) is 12. The van der Waals surface area contributed by atoms with Gasteiger partial charge in [0, 0.05) is 37.7 Å². The van der Waals surface area contributed by atoms with Crippen molar-refractivity contribution in [2.45, 2.75) is 105 Å². The first kappa shape index (κ1) is 39.1. The molecule has 1 saturated carbocycles. The number of ketones is 1. The van der Waals surface area contributed by atoms with Crippen molar-refractivity contribution in [2.75, 3.05) is 0 Å². The highest BCUT2D eigenvalue weighted by Gasteiger charge is 2.64. The number of hydrogen-bond donors (Lipinski definition) is 1. The molecule has 0 amide bonds. The molecule has 1 aromatic carbocycles. The number of esters is 5. The highest BCUT2D eigenvalue weighted by molar-refractivity contribution is 5.93. The van der Waals surface area contributed by atoms with Crippen molar-refractivity contribution in [1.82, 2.24) is 0 Å². The first-order valence-electron chi connectivity index (χ1n) is 16.3. The summed E-state index contributed by atoms with van der Waals surface area (Å²) < 4.78 is 29.1. The molecule has 0 heterocycles. The molecule has 49 heavy (non-hydrogen) atoms. The number of ether oxygens (including phenoxy) is 5. The van der Waals surface area contributed by atoms with Crippen LogP contribution in [0, 0.1) is 29.1 Å². The zero-order valence-corrected chi connectivity index (χ0v) is 29.6. The van der Waals surface area contributed by atoms with Crippen molar-refractivity contribution in [1.29, 1.82) is 0 Å². The number of rotatable bonds is 7. The zero-order valence-electron chi connectivity index (χ0n) is 29.6. The second-order valence-corrected chi connectivity index (χ2v) is 13.9. The largest absolute Gasteiger partial charge is 0.462 e. The van der Waals surface area contributed by atoms with Gasteiger partial charge in [-0.1, -0.05) is 64.6 Å². The lowest BCUT2D eigenvalue weighted by molar-refractivity contribution is -0.185.